The first-order valence-electron chi connectivity index (χ1n) is 7.43. The first-order chi connectivity index (χ1) is 10.7. The zero-order valence-electron chi connectivity index (χ0n) is 12.2. The highest BCUT2D eigenvalue weighted by molar-refractivity contribution is 7.18. The second kappa shape index (κ2) is 5.52. The Morgan fingerprint density at radius 3 is 2.91 bits per heavy atom. The number of benzene rings is 1. The van der Waals surface area contributed by atoms with Gasteiger partial charge in [0.05, 0.1) is 5.39 Å². The number of ether oxygens (including phenoxy) is 1. The minimum absolute atomic E-state index is 0.657. The van der Waals surface area contributed by atoms with Crippen LogP contribution in [-0.2, 0) is 12.8 Å². The number of aryl methyl sites for hydroxylation is 3. The lowest BCUT2D eigenvalue weighted by Crippen LogP contribution is -2.00. The molecule has 0 radical (unpaired) electrons. The minimum Gasteiger partial charge on any atom is -0.438 e. The molecule has 0 amide bonds. The standard InChI is InChI=1S/C17H15ClN2OS/c1-10-19-16(21-12-6-4-5-11(18)9-12)15-13-7-2-3-8-14(13)22-17(15)20-10/h4-6,9H,2-3,7-8H2,1H3. The summed E-state index contributed by atoms with van der Waals surface area (Å²) >= 11 is 7.83. The van der Waals surface area contributed by atoms with Gasteiger partial charge in [0, 0.05) is 9.90 Å². The van der Waals surface area contributed by atoms with Gasteiger partial charge >= 0.3 is 0 Å². The fraction of sp³-hybridized carbons (Fsp3) is 0.294. The second-order valence-electron chi connectivity index (χ2n) is 5.53. The maximum Gasteiger partial charge on any atom is 0.231 e. The fourth-order valence-corrected chi connectivity index (χ4v) is 4.42. The molecule has 0 bridgehead atoms. The average Bonchev–Trinajstić information content (AvgIpc) is 2.85. The quantitative estimate of drug-likeness (QED) is 0.637. The fourth-order valence-electron chi connectivity index (χ4n) is 2.94. The van der Waals surface area contributed by atoms with Gasteiger partial charge in [-0.15, -0.1) is 11.3 Å². The highest BCUT2D eigenvalue weighted by Gasteiger charge is 2.21. The molecule has 5 heteroatoms. The molecule has 0 aliphatic heterocycles. The predicted molar refractivity (Wildman–Crippen MR) is 90.3 cm³/mol. The van der Waals surface area contributed by atoms with Crippen molar-refractivity contribution in [2.24, 2.45) is 0 Å². The van der Waals surface area contributed by atoms with Crippen LogP contribution in [0, 0.1) is 6.92 Å². The van der Waals surface area contributed by atoms with Crippen LogP contribution >= 0.6 is 22.9 Å². The molecular weight excluding hydrogens is 316 g/mol. The molecule has 2 aromatic heterocycles. The van der Waals surface area contributed by atoms with Gasteiger partial charge in [-0.05, 0) is 56.4 Å². The summed E-state index contributed by atoms with van der Waals surface area (Å²) in [6.45, 7) is 1.91. The lowest BCUT2D eigenvalue weighted by molar-refractivity contribution is 0.466. The molecule has 1 aliphatic carbocycles. The van der Waals surface area contributed by atoms with Gasteiger partial charge in [0.25, 0.3) is 0 Å². The number of fused-ring (bicyclic) bond motifs is 3. The van der Waals surface area contributed by atoms with Crippen LogP contribution in [0.5, 0.6) is 11.6 Å². The molecule has 0 atom stereocenters. The number of nitrogens with zero attached hydrogens (tertiary/aromatic N) is 2. The van der Waals surface area contributed by atoms with Crippen LogP contribution in [0.15, 0.2) is 24.3 Å². The van der Waals surface area contributed by atoms with E-state index in [4.69, 9.17) is 16.3 Å². The van der Waals surface area contributed by atoms with Gasteiger partial charge in [-0.25, -0.2) is 4.98 Å². The summed E-state index contributed by atoms with van der Waals surface area (Å²) < 4.78 is 6.05. The van der Waals surface area contributed by atoms with Crippen molar-refractivity contribution in [3.05, 3.63) is 45.6 Å². The normalized spacial score (nSPS) is 14.1. The molecule has 0 N–H and O–H groups in total. The monoisotopic (exact) mass is 330 g/mol. The summed E-state index contributed by atoms with van der Waals surface area (Å²) in [4.78, 5) is 11.6. The average molecular weight is 331 g/mol. The van der Waals surface area contributed by atoms with Crippen molar-refractivity contribution in [1.29, 1.82) is 0 Å². The summed E-state index contributed by atoms with van der Waals surface area (Å²) in [5.41, 5.74) is 1.38. The number of hydrogen-bond acceptors (Lipinski definition) is 4. The van der Waals surface area contributed by atoms with E-state index in [2.05, 4.69) is 9.97 Å². The van der Waals surface area contributed by atoms with E-state index in [1.54, 1.807) is 11.3 Å². The third-order valence-corrected chi connectivity index (χ3v) is 5.32. The molecule has 0 saturated heterocycles. The molecule has 0 spiro atoms. The predicted octanol–water partition coefficient (Wildman–Crippen LogP) is 5.32. The van der Waals surface area contributed by atoms with Crippen molar-refractivity contribution in [3.63, 3.8) is 0 Å². The highest BCUT2D eigenvalue weighted by atomic mass is 35.5. The molecule has 0 saturated carbocycles. The maximum absolute atomic E-state index is 6.05. The highest BCUT2D eigenvalue weighted by Crippen LogP contribution is 2.40. The molecule has 1 aromatic carbocycles. The Balaban J connectivity index is 1.87. The lowest BCUT2D eigenvalue weighted by Gasteiger charge is -2.12. The zero-order chi connectivity index (χ0) is 15.1. The van der Waals surface area contributed by atoms with Crippen LogP contribution in [-0.4, -0.2) is 9.97 Å². The smallest absolute Gasteiger partial charge is 0.231 e. The molecule has 22 heavy (non-hydrogen) atoms. The van der Waals surface area contributed by atoms with Crippen LogP contribution in [0.2, 0.25) is 5.02 Å². The Hall–Kier alpha value is -1.65. The van der Waals surface area contributed by atoms with E-state index in [0.717, 1.165) is 28.9 Å². The van der Waals surface area contributed by atoms with E-state index in [1.165, 1.54) is 23.3 Å². The number of rotatable bonds is 2. The van der Waals surface area contributed by atoms with Gasteiger partial charge in [0.2, 0.25) is 5.88 Å². The molecule has 3 aromatic rings. The van der Waals surface area contributed by atoms with Crippen molar-refractivity contribution >= 4 is 33.2 Å². The molecule has 112 valence electrons. The molecule has 4 rings (SSSR count). The molecule has 3 nitrogen and oxygen atoms in total. The molecule has 2 heterocycles. The van der Waals surface area contributed by atoms with Gasteiger partial charge in [0.1, 0.15) is 16.4 Å². The minimum atomic E-state index is 0.657. The van der Waals surface area contributed by atoms with Crippen LogP contribution in [0.25, 0.3) is 10.2 Å². The van der Waals surface area contributed by atoms with Crippen LogP contribution in [0.3, 0.4) is 0 Å². The van der Waals surface area contributed by atoms with E-state index in [-0.39, 0.29) is 0 Å². The van der Waals surface area contributed by atoms with Crippen molar-refractivity contribution < 1.29 is 4.74 Å². The third kappa shape index (κ3) is 2.46. The van der Waals surface area contributed by atoms with Crippen molar-refractivity contribution in [3.8, 4) is 11.6 Å². The topological polar surface area (TPSA) is 35.0 Å². The first-order valence-corrected chi connectivity index (χ1v) is 8.62. The van der Waals surface area contributed by atoms with Crippen molar-refractivity contribution in [1.82, 2.24) is 9.97 Å². The van der Waals surface area contributed by atoms with Gasteiger partial charge in [-0.1, -0.05) is 17.7 Å². The zero-order valence-corrected chi connectivity index (χ0v) is 13.8. The van der Waals surface area contributed by atoms with E-state index in [0.29, 0.717) is 16.7 Å². The SMILES string of the molecule is Cc1nc(Oc2cccc(Cl)c2)c2c3c(sc2n1)CCCC3. The van der Waals surface area contributed by atoms with Gasteiger partial charge in [0.15, 0.2) is 0 Å². The first kappa shape index (κ1) is 14.0. The van der Waals surface area contributed by atoms with E-state index >= 15 is 0 Å². The number of thiophene rings is 1. The number of halogens is 1. The summed E-state index contributed by atoms with van der Waals surface area (Å²) in [5.74, 6) is 2.11. The Kier molecular flexibility index (Phi) is 3.51. The van der Waals surface area contributed by atoms with Crippen LogP contribution < -0.4 is 4.74 Å². The van der Waals surface area contributed by atoms with Gasteiger partial charge < -0.3 is 4.74 Å². The third-order valence-electron chi connectivity index (χ3n) is 3.90. The Labute approximate surface area is 137 Å². The summed E-state index contributed by atoms with van der Waals surface area (Å²) in [6.07, 6.45) is 4.72. The Morgan fingerprint density at radius 1 is 1.18 bits per heavy atom. The van der Waals surface area contributed by atoms with Gasteiger partial charge in [-0.3, -0.25) is 0 Å². The van der Waals surface area contributed by atoms with Crippen LogP contribution in [0.4, 0.5) is 0 Å². The van der Waals surface area contributed by atoms with Crippen molar-refractivity contribution in [2.45, 2.75) is 32.6 Å². The number of hydrogen-bond donors (Lipinski definition) is 0. The van der Waals surface area contributed by atoms with E-state index in [9.17, 15) is 0 Å². The number of aromatic nitrogens is 2. The lowest BCUT2D eigenvalue weighted by atomic mass is 9.97. The van der Waals surface area contributed by atoms with Gasteiger partial charge in [-0.2, -0.15) is 4.98 Å². The summed E-state index contributed by atoms with van der Waals surface area (Å²) in [6, 6.07) is 7.42. The summed E-state index contributed by atoms with van der Waals surface area (Å²) in [7, 11) is 0. The largest absolute Gasteiger partial charge is 0.438 e. The second-order valence-corrected chi connectivity index (χ2v) is 7.05. The molecule has 0 fully saturated rings. The summed E-state index contributed by atoms with van der Waals surface area (Å²) in [5, 5.41) is 1.75. The van der Waals surface area contributed by atoms with Crippen LogP contribution in [0.1, 0.15) is 29.1 Å². The van der Waals surface area contributed by atoms with Crippen molar-refractivity contribution in [2.75, 3.05) is 0 Å². The Bertz CT molecular complexity index is 859. The maximum atomic E-state index is 6.05. The van der Waals surface area contributed by atoms with E-state index in [1.807, 2.05) is 31.2 Å². The molecule has 0 unspecified atom stereocenters. The van der Waals surface area contributed by atoms with E-state index < -0.39 is 0 Å². The molecule has 1 aliphatic rings. The Morgan fingerprint density at radius 2 is 2.05 bits per heavy atom. The molecular formula is C17H15ClN2OS.